The van der Waals surface area contributed by atoms with Crippen molar-refractivity contribution in [3.63, 3.8) is 0 Å². The summed E-state index contributed by atoms with van der Waals surface area (Å²) in [4.78, 5) is 12.8. The largest absolute Gasteiger partial charge is 0.390 e. The van der Waals surface area contributed by atoms with Crippen LogP contribution in [0.15, 0.2) is 11.6 Å². The highest BCUT2D eigenvalue weighted by atomic mass is 16.5. The second kappa shape index (κ2) is 9.30. The summed E-state index contributed by atoms with van der Waals surface area (Å²) < 4.78 is 11.3. The van der Waals surface area contributed by atoms with Gasteiger partial charge in [-0.3, -0.25) is 20.7 Å². The minimum absolute atomic E-state index is 0.00115. The van der Waals surface area contributed by atoms with Gasteiger partial charge in [-0.2, -0.15) is 5.26 Å². The molecule has 3 fully saturated rings. The number of aliphatic hydroxyl groups is 1. The Morgan fingerprint density at radius 3 is 2.90 bits per heavy atom. The summed E-state index contributed by atoms with van der Waals surface area (Å²) in [6.07, 6.45) is 4.32. The van der Waals surface area contributed by atoms with Crippen LogP contribution in [0.3, 0.4) is 0 Å². The highest BCUT2D eigenvalue weighted by Gasteiger charge is 2.41. The molecule has 5 N–H and O–H groups in total. The van der Waals surface area contributed by atoms with Gasteiger partial charge in [0.2, 0.25) is 5.91 Å². The molecule has 0 aromatic heterocycles. The summed E-state index contributed by atoms with van der Waals surface area (Å²) in [5.74, 6) is 0.389. The van der Waals surface area contributed by atoms with E-state index in [0.717, 1.165) is 0 Å². The Hall–Kier alpha value is -1.54. The van der Waals surface area contributed by atoms with Gasteiger partial charge < -0.3 is 19.9 Å². The number of nitrogens with zero attached hydrogens (tertiary/aromatic N) is 1. The van der Waals surface area contributed by atoms with Gasteiger partial charge in [-0.25, -0.2) is 0 Å². The fourth-order valence-electron chi connectivity index (χ4n) is 4.63. The zero-order valence-corrected chi connectivity index (χ0v) is 17.6. The molecule has 2 heterocycles. The predicted octanol–water partition coefficient (Wildman–Crippen LogP) is -0.456. The maximum atomic E-state index is 12.8. The minimum Gasteiger partial charge on any atom is -0.390 e. The van der Waals surface area contributed by atoms with Gasteiger partial charge in [0.15, 0.2) is 0 Å². The van der Waals surface area contributed by atoms with Crippen LogP contribution in [0, 0.1) is 29.1 Å². The van der Waals surface area contributed by atoms with Crippen molar-refractivity contribution in [1.82, 2.24) is 21.3 Å². The molecular weight excluding hydrogens is 386 g/mol. The Bertz CT molecular complexity index is 706. The van der Waals surface area contributed by atoms with Crippen LogP contribution in [0.2, 0.25) is 0 Å². The fourth-order valence-corrected chi connectivity index (χ4v) is 4.63. The smallest absolute Gasteiger partial charge is 0.248 e. The number of amides is 1. The second-order valence-corrected chi connectivity index (χ2v) is 9.01. The van der Waals surface area contributed by atoms with Crippen LogP contribution < -0.4 is 21.3 Å². The van der Waals surface area contributed by atoms with Gasteiger partial charge in [-0.1, -0.05) is 6.08 Å². The van der Waals surface area contributed by atoms with E-state index in [-0.39, 0.29) is 48.4 Å². The second-order valence-electron chi connectivity index (χ2n) is 9.01. The lowest BCUT2D eigenvalue weighted by Crippen LogP contribution is -2.66. The van der Waals surface area contributed by atoms with E-state index < -0.39 is 6.10 Å². The monoisotopic (exact) mass is 419 g/mol. The summed E-state index contributed by atoms with van der Waals surface area (Å²) in [7, 11) is 1.57. The van der Waals surface area contributed by atoms with Crippen LogP contribution in [0.5, 0.6) is 0 Å². The molecule has 0 bridgehead atoms. The van der Waals surface area contributed by atoms with Crippen molar-refractivity contribution in [2.24, 2.45) is 17.8 Å². The summed E-state index contributed by atoms with van der Waals surface area (Å²) in [5.41, 5.74) is 0.667. The molecule has 0 spiro atoms. The molecular formula is C21H33N5O4. The molecule has 4 aliphatic rings. The number of rotatable bonds is 7. The molecule has 9 heteroatoms. The molecule has 2 saturated carbocycles. The van der Waals surface area contributed by atoms with Gasteiger partial charge in [0.25, 0.3) is 0 Å². The molecule has 30 heavy (non-hydrogen) atoms. The first-order valence-electron chi connectivity index (χ1n) is 11.0. The standard InChI is InChI=1S/C21H33N5O4/c1-11(24-21-23-9-14(8-22)20(26-21)29-2)15-5-13-6-17(27)18(30-10-12-3-4-12)7-16(13)25-19(15)28/h5,11-14,16-18,20-21,23-24,26-27H,3-4,6-7,9-10H2,1-2H3,(H,25,28)/t11-,13?,14?,16?,17?,18?,20?,21?/m0/s1. The predicted molar refractivity (Wildman–Crippen MR) is 109 cm³/mol. The Kier molecular flexibility index (Phi) is 6.72. The third-order valence-electron chi connectivity index (χ3n) is 6.70. The number of ether oxygens (including phenoxy) is 2. The zero-order chi connectivity index (χ0) is 21.3. The molecule has 166 valence electrons. The molecule has 2 aliphatic heterocycles. The Labute approximate surface area is 177 Å². The number of hydrogen-bond acceptors (Lipinski definition) is 8. The van der Waals surface area contributed by atoms with Crippen molar-refractivity contribution in [2.45, 2.75) is 69.4 Å². The SMILES string of the molecule is COC1NC(N[C@@H](C)C2=CC3CC(O)C(OCC4CC4)CC3NC2=O)NCC1C#N. The van der Waals surface area contributed by atoms with E-state index in [2.05, 4.69) is 27.3 Å². The highest BCUT2D eigenvalue weighted by molar-refractivity contribution is 5.95. The Morgan fingerprint density at radius 1 is 1.40 bits per heavy atom. The number of aliphatic hydroxyl groups excluding tert-OH is 1. The van der Waals surface area contributed by atoms with E-state index in [1.807, 2.05) is 13.0 Å². The van der Waals surface area contributed by atoms with E-state index in [1.165, 1.54) is 12.8 Å². The first-order chi connectivity index (χ1) is 14.5. The van der Waals surface area contributed by atoms with Crippen molar-refractivity contribution >= 4 is 5.91 Å². The summed E-state index contributed by atoms with van der Waals surface area (Å²) >= 11 is 0. The summed E-state index contributed by atoms with van der Waals surface area (Å²) in [5, 5.41) is 32.7. The van der Waals surface area contributed by atoms with Crippen LogP contribution >= 0.6 is 0 Å². The van der Waals surface area contributed by atoms with Crippen LogP contribution in [0.25, 0.3) is 0 Å². The highest BCUT2D eigenvalue weighted by Crippen LogP contribution is 2.34. The van der Waals surface area contributed by atoms with Crippen LogP contribution in [0.4, 0.5) is 0 Å². The first-order valence-corrected chi connectivity index (χ1v) is 11.0. The van der Waals surface area contributed by atoms with Crippen LogP contribution in [-0.2, 0) is 14.3 Å². The van der Waals surface area contributed by atoms with Crippen molar-refractivity contribution in [2.75, 3.05) is 20.3 Å². The zero-order valence-electron chi connectivity index (χ0n) is 17.6. The number of carbonyl (C=O) groups is 1. The van der Waals surface area contributed by atoms with Crippen molar-refractivity contribution < 1.29 is 19.4 Å². The van der Waals surface area contributed by atoms with E-state index in [1.54, 1.807) is 7.11 Å². The molecule has 1 amide bonds. The molecule has 0 aromatic carbocycles. The Morgan fingerprint density at radius 2 is 2.20 bits per heavy atom. The molecule has 0 aromatic rings. The molecule has 1 saturated heterocycles. The van der Waals surface area contributed by atoms with Crippen molar-refractivity contribution in [3.05, 3.63) is 11.6 Å². The third-order valence-corrected chi connectivity index (χ3v) is 6.70. The fraction of sp³-hybridized carbons (Fsp3) is 0.810. The normalized spacial score (nSPS) is 40.0. The average Bonchev–Trinajstić information content (AvgIpc) is 3.56. The number of hydrogen-bond donors (Lipinski definition) is 5. The van der Waals surface area contributed by atoms with Gasteiger partial charge >= 0.3 is 0 Å². The quantitative estimate of drug-likeness (QED) is 0.375. The molecule has 9 nitrogen and oxygen atoms in total. The van der Waals surface area contributed by atoms with E-state index in [4.69, 9.17) is 9.47 Å². The number of fused-ring (bicyclic) bond motifs is 1. The van der Waals surface area contributed by atoms with E-state index in [0.29, 0.717) is 37.5 Å². The Balaban J connectivity index is 1.35. The average molecular weight is 420 g/mol. The summed E-state index contributed by atoms with van der Waals surface area (Å²) in [6.45, 7) is 3.15. The minimum atomic E-state index is -0.507. The molecule has 0 radical (unpaired) electrons. The molecule has 4 rings (SSSR count). The van der Waals surface area contributed by atoms with E-state index in [9.17, 15) is 15.2 Å². The molecule has 2 aliphatic carbocycles. The van der Waals surface area contributed by atoms with E-state index >= 15 is 0 Å². The summed E-state index contributed by atoms with van der Waals surface area (Å²) in [6, 6.07) is 2.01. The van der Waals surface area contributed by atoms with Gasteiger partial charge in [0, 0.05) is 43.8 Å². The lowest BCUT2D eigenvalue weighted by atomic mass is 9.77. The van der Waals surface area contributed by atoms with Gasteiger partial charge in [-0.05, 0) is 38.5 Å². The van der Waals surface area contributed by atoms with Crippen molar-refractivity contribution in [1.29, 1.82) is 5.26 Å². The van der Waals surface area contributed by atoms with Gasteiger partial charge in [0.05, 0.1) is 24.2 Å². The molecule has 8 atom stereocenters. The lowest BCUT2D eigenvalue weighted by Gasteiger charge is -2.42. The lowest BCUT2D eigenvalue weighted by molar-refractivity contribution is -0.122. The van der Waals surface area contributed by atoms with Crippen LogP contribution in [-0.4, -0.2) is 68.1 Å². The number of carbonyl (C=O) groups excluding carboxylic acids is 1. The topological polar surface area (TPSA) is 128 Å². The third kappa shape index (κ3) is 4.85. The van der Waals surface area contributed by atoms with Gasteiger partial charge in [0.1, 0.15) is 12.5 Å². The van der Waals surface area contributed by atoms with Crippen molar-refractivity contribution in [3.8, 4) is 6.07 Å². The molecule has 7 unspecified atom stereocenters. The maximum absolute atomic E-state index is 12.8. The maximum Gasteiger partial charge on any atom is 0.248 e. The number of nitrogens with one attached hydrogen (secondary N) is 4. The van der Waals surface area contributed by atoms with Crippen LogP contribution in [0.1, 0.15) is 32.6 Å². The number of nitriles is 1. The number of methoxy groups -OCH3 is 1. The first kappa shape index (κ1) is 21.7. The van der Waals surface area contributed by atoms with Gasteiger partial charge in [-0.15, -0.1) is 0 Å².